The molecular weight excluding hydrogens is 452 g/mol. The molecule has 3 aromatic rings. The Morgan fingerprint density at radius 3 is 2.56 bits per heavy atom. The van der Waals surface area contributed by atoms with Crippen LogP contribution in [0.2, 0.25) is 0 Å². The number of amides is 1. The first-order valence-corrected chi connectivity index (χ1v) is 12.3. The number of carbonyl (C=O) groups is 1. The summed E-state index contributed by atoms with van der Waals surface area (Å²) in [6, 6.07) is 11.9. The van der Waals surface area contributed by atoms with Gasteiger partial charge in [-0.1, -0.05) is 23.5 Å². The van der Waals surface area contributed by atoms with E-state index < -0.39 is 10.0 Å². The third kappa shape index (κ3) is 4.85. The smallest absolute Gasteiger partial charge is 0.264 e. The fraction of sp³-hybridized carbons (Fsp3) is 0.333. The predicted octanol–water partition coefficient (Wildman–Crippen LogP) is 2.26. The number of benzene rings is 2. The van der Waals surface area contributed by atoms with Crippen molar-refractivity contribution in [3.63, 3.8) is 0 Å². The highest BCUT2D eigenvalue weighted by Crippen LogP contribution is 2.30. The van der Waals surface area contributed by atoms with Crippen LogP contribution in [0, 0.1) is 0 Å². The van der Waals surface area contributed by atoms with E-state index in [1.165, 1.54) is 22.8 Å². The number of para-hydroxylation sites is 2. The maximum absolute atomic E-state index is 13.0. The summed E-state index contributed by atoms with van der Waals surface area (Å²) in [5.74, 6) is 0.628. The van der Waals surface area contributed by atoms with Gasteiger partial charge >= 0.3 is 0 Å². The first-order valence-electron chi connectivity index (χ1n) is 10.0. The fourth-order valence-corrected chi connectivity index (χ4v) is 5.78. The molecule has 2 heterocycles. The first-order chi connectivity index (χ1) is 15.4. The normalized spacial score (nSPS) is 15.6. The van der Waals surface area contributed by atoms with Gasteiger partial charge in [-0.15, -0.1) is 0 Å². The van der Waals surface area contributed by atoms with E-state index in [4.69, 9.17) is 9.47 Å². The van der Waals surface area contributed by atoms with Gasteiger partial charge in [0.1, 0.15) is 0 Å². The second-order valence-electron chi connectivity index (χ2n) is 7.34. The maximum Gasteiger partial charge on any atom is 0.264 e. The number of nitrogens with zero attached hydrogens (tertiary/aromatic N) is 3. The van der Waals surface area contributed by atoms with E-state index in [1.54, 1.807) is 36.4 Å². The molecule has 170 valence electrons. The predicted molar refractivity (Wildman–Crippen MR) is 123 cm³/mol. The summed E-state index contributed by atoms with van der Waals surface area (Å²) in [6.07, 6.45) is 0. The molecule has 1 aromatic heterocycles. The largest absolute Gasteiger partial charge is 0.493 e. The van der Waals surface area contributed by atoms with E-state index in [1.807, 2.05) is 13.1 Å². The van der Waals surface area contributed by atoms with Crippen LogP contribution in [0.1, 0.15) is 0 Å². The number of piperazine rings is 1. The number of methoxy groups -OCH3 is 1. The van der Waals surface area contributed by atoms with Gasteiger partial charge in [0.05, 0.1) is 22.2 Å². The number of thiazole rings is 1. The Morgan fingerprint density at radius 1 is 1.12 bits per heavy atom. The highest BCUT2D eigenvalue weighted by atomic mass is 32.2. The molecule has 1 N–H and O–H groups in total. The van der Waals surface area contributed by atoms with E-state index >= 15 is 0 Å². The molecule has 0 unspecified atom stereocenters. The highest BCUT2D eigenvalue weighted by Gasteiger charge is 2.27. The lowest BCUT2D eigenvalue weighted by Gasteiger charge is -2.31. The molecular formula is C21H24N4O5S2. The number of ether oxygens (including phenoxy) is 2. The molecule has 0 atom stereocenters. The van der Waals surface area contributed by atoms with Crippen LogP contribution in [-0.2, 0) is 14.8 Å². The number of hydrogen-bond acceptors (Lipinski definition) is 8. The number of fused-ring (bicyclic) bond motifs is 1. The molecule has 32 heavy (non-hydrogen) atoms. The fourth-order valence-electron chi connectivity index (χ4n) is 3.33. The van der Waals surface area contributed by atoms with Gasteiger partial charge in [-0.2, -0.15) is 4.31 Å². The second kappa shape index (κ2) is 9.41. The van der Waals surface area contributed by atoms with Gasteiger partial charge in [0.25, 0.3) is 5.91 Å². The van der Waals surface area contributed by atoms with Crippen molar-refractivity contribution in [3.8, 4) is 11.5 Å². The first kappa shape index (κ1) is 22.5. The summed E-state index contributed by atoms with van der Waals surface area (Å²) in [5.41, 5.74) is 0.619. The minimum Gasteiger partial charge on any atom is -0.493 e. The van der Waals surface area contributed by atoms with Gasteiger partial charge in [-0.25, -0.2) is 13.4 Å². The number of likely N-dealkylation sites (N-methyl/N-ethyl adjacent to an activating group) is 1. The molecule has 1 aliphatic rings. The number of nitrogens with one attached hydrogen (secondary N) is 1. The third-order valence-electron chi connectivity index (χ3n) is 5.13. The number of aromatic nitrogens is 1. The van der Waals surface area contributed by atoms with Crippen molar-refractivity contribution in [1.82, 2.24) is 14.2 Å². The molecule has 0 saturated carbocycles. The Bertz CT molecular complexity index is 1220. The molecule has 11 heteroatoms. The van der Waals surface area contributed by atoms with Crippen molar-refractivity contribution in [2.45, 2.75) is 4.90 Å². The maximum atomic E-state index is 13.0. The average molecular weight is 477 g/mol. The molecule has 1 fully saturated rings. The zero-order chi connectivity index (χ0) is 22.7. The topological polar surface area (TPSA) is 101 Å². The molecule has 0 aliphatic carbocycles. The number of rotatable bonds is 7. The zero-order valence-corrected chi connectivity index (χ0v) is 19.4. The van der Waals surface area contributed by atoms with Gasteiger partial charge in [0.2, 0.25) is 10.0 Å². The van der Waals surface area contributed by atoms with E-state index in [2.05, 4.69) is 15.2 Å². The molecule has 0 radical (unpaired) electrons. The Hall–Kier alpha value is -2.73. The average Bonchev–Trinajstić information content (AvgIpc) is 3.19. The lowest BCUT2D eigenvalue weighted by molar-refractivity contribution is -0.118. The lowest BCUT2D eigenvalue weighted by atomic mass is 10.3. The van der Waals surface area contributed by atoms with Crippen LogP contribution in [0.5, 0.6) is 11.5 Å². The van der Waals surface area contributed by atoms with E-state index in [9.17, 15) is 13.2 Å². The molecule has 1 saturated heterocycles. The van der Waals surface area contributed by atoms with Crippen LogP contribution in [0.4, 0.5) is 5.13 Å². The van der Waals surface area contributed by atoms with E-state index in [0.29, 0.717) is 53.0 Å². The number of sulfonamides is 1. The summed E-state index contributed by atoms with van der Waals surface area (Å²) in [7, 11) is -0.0642. The molecule has 1 aliphatic heterocycles. The summed E-state index contributed by atoms with van der Waals surface area (Å²) in [6.45, 7) is 2.13. The Kier molecular flexibility index (Phi) is 6.60. The quantitative estimate of drug-likeness (QED) is 0.558. The SMILES string of the molecule is COc1ccccc1OCC(=O)Nc1nc2ccc(S(=O)(=O)N3CCN(C)CC3)cc2s1. The number of hydrogen-bond donors (Lipinski definition) is 1. The van der Waals surface area contributed by atoms with E-state index in [0.717, 1.165) is 0 Å². The van der Waals surface area contributed by atoms with Crippen LogP contribution in [0.25, 0.3) is 10.2 Å². The highest BCUT2D eigenvalue weighted by molar-refractivity contribution is 7.89. The van der Waals surface area contributed by atoms with Crippen LogP contribution >= 0.6 is 11.3 Å². The van der Waals surface area contributed by atoms with Crippen molar-refractivity contribution in [2.75, 3.05) is 52.3 Å². The second-order valence-corrected chi connectivity index (χ2v) is 10.3. The molecule has 4 rings (SSSR count). The van der Waals surface area contributed by atoms with Gasteiger partial charge in [-0.05, 0) is 37.4 Å². The van der Waals surface area contributed by atoms with Crippen molar-refractivity contribution >= 4 is 42.6 Å². The molecule has 0 bridgehead atoms. The van der Waals surface area contributed by atoms with Crippen LogP contribution in [-0.4, -0.2) is 75.5 Å². The van der Waals surface area contributed by atoms with Gasteiger partial charge in [-0.3, -0.25) is 10.1 Å². The number of anilines is 1. The van der Waals surface area contributed by atoms with Crippen LogP contribution in [0.15, 0.2) is 47.4 Å². The minimum absolute atomic E-state index is 0.209. The number of carbonyl (C=O) groups excluding carboxylic acids is 1. The van der Waals surface area contributed by atoms with Crippen molar-refractivity contribution in [1.29, 1.82) is 0 Å². The molecule has 9 nitrogen and oxygen atoms in total. The standard InChI is InChI=1S/C21H24N4O5S2/c1-24-9-11-25(12-10-24)32(27,28)15-7-8-16-19(13-15)31-21(22-16)23-20(26)14-30-18-6-4-3-5-17(18)29-2/h3-8,13H,9-12,14H2,1-2H3,(H,22,23,26). The summed E-state index contributed by atoms with van der Waals surface area (Å²) in [5, 5.41) is 3.08. The summed E-state index contributed by atoms with van der Waals surface area (Å²) >= 11 is 1.22. The molecule has 2 aromatic carbocycles. The van der Waals surface area contributed by atoms with Gasteiger partial charge in [0, 0.05) is 26.2 Å². The monoisotopic (exact) mass is 476 g/mol. The van der Waals surface area contributed by atoms with Crippen LogP contribution < -0.4 is 14.8 Å². The van der Waals surface area contributed by atoms with Crippen molar-refractivity contribution in [2.24, 2.45) is 0 Å². The van der Waals surface area contributed by atoms with Crippen LogP contribution in [0.3, 0.4) is 0 Å². The zero-order valence-electron chi connectivity index (χ0n) is 17.8. The third-order valence-corrected chi connectivity index (χ3v) is 7.96. The summed E-state index contributed by atoms with van der Waals surface area (Å²) in [4.78, 5) is 19.0. The van der Waals surface area contributed by atoms with Gasteiger partial charge < -0.3 is 14.4 Å². The molecule has 0 spiro atoms. The van der Waals surface area contributed by atoms with E-state index in [-0.39, 0.29) is 17.4 Å². The Morgan fingerprint density at radius 2 is 1.84 bits per heavy atom. The Balaban J connectivity index is 1.44. The molecule has 1 amide bonds. The van der Waals surface area contributed by atoms with Crippen molar-refractivity contribution < 1.29 is 22.7 Å². The summed E-state index contributed by atoms with van der Waals surface area (Å²) < 4.78 is 38.9. The minimum atomic E-state index is -3.57. The van der Waals surface area contributed by atoms with Crippen molar-refractivity contribution in [3.05, 3.63) is 42.5 Å². The lowest BCUT2D eigenvalue weighted by Crippen LogP contribution is -2.46. The van der Waals surface area contributed by atoms with Gasteiger partial charge in [0.15, 0.2) is 23.2 Å². The Labute approximate surface area is 190 Å².